The third-order valence-electron chi connectivity index (χ3n) is 7.03. The van der Waals surface area contributed by atoms with Crippen molar-refractivity contribution in [3.05, 3.63) is 53.6 Å². The van der Waals surface area contributed by atoms with E-state index in [4.69, 9.17) is 0 Å². The van der Waals surface area contributed by atoms with Gasteiger partial charge in [0, 0.05) is 17.5 Å². The van der Waals surface area contributed by atoms with Crippen LogP contribution in [0.4, 0.5) is 23.7 Å². The van der Waals surface area contributed by atoms with Crippen LogP contribution in [0.25, 0.3) is 0 Å². The van der Waals surface area contributed by atoms with E-state index in [1.54, 1.807) is 24.3 Å². The summed E-state index contributed by atoms with van der Waals surface area (Å²) in [6.45, 7) is 3.48. The Morgan fingerprint density at radius 2 is 1.67 bits per heavy atom. The van der Waals surface area contributed by atoms with Gasteiger partial charge < -0.3 is 21.3 Å². The highest BCUT2D eigenvalue weighted by Gasteiger charge is 2.33. The van der Waals surface area contributed by atoms with Crippen LogP contribution in [0.15, 0.2) is 52.3 Å². The SMILES string of the molecule is CSc1ccc(S(=O)(=O)C[C@H]2CCCC[C@@H]2NC(=O)CNC(=O)c2cc(C(F)(F)F)ccc2NC(=O)NCC(C)C)cc1. The zero-order chi connectivity index (χ0) is 31.8. The predicted octanol–water partition coefficient (Wildman–Crippen LogP) is 5.08. The molecule has 0 radical (unpaired) electrons. The van der Waals surface area contributed by atoms with E-state index < -0.39 is 57.6 Å². The average Bonchev–Trinajstić information content (AvgIpc) is 2.95. The summed E-state index contributed by atoms with van der Waals surface area (Å²) < 4.78 is 66.3. The Labute approximate surface area is 254 Å². The van der Waals surface area contributed by atoms with Crippen LogP contribution < -0.4 is 21.3 Å². The van der Waals surface area contributed by atoms with Crippen LogP contribution in [0.5, 0.6) is 0 Å². The van der Waals surface area contributed by atoms with Crippen molar-refractivity contribution in [2.45, 2.75) is 61.5 Å². The molecule has 1 fully saturated rings. The minimum absolute atomic E-state index is 0.120. The monoisotopic (exact) mass is 642 g/mol. The highest BCUT2D eigenvalue weighted by atomic mass is 32.2. The molecule has 1 aliphatic carbocycles. The number of nitrogens with one attached hydrogen (secondary N) is 4. The summed E-state index contributed by atoms with van der Waals surface area (Å²) in [7, 11) is -3.62. The molecule has 2 aromatic rings. The van der Waals surface area contributed by atoms with Gasteiger partial charge >= 0.3 is 12.2 Å². The maximum absolute atomic E-state index is 13.4. The van der Waals surface area contributed by atoms with Gasteiger partial charge in [-0.3, -0.25) is 9.59 Å². The van der Waals surface area contributed by atoms with Gasteiger partial charge in [0.1, 0.15) is 0 Å². The molecule has 0 aliphatic heterocycles. The van der Waals surface area contributed by atoms with Crippen LogP contribution in [0, 0.1) is 11.8 Å². The van der Waals surface area contributed by atoms with Crippen LogP contribution >= 0.6 is 11.8 Å². The van der Waals surface area contributed by atoms with Crippen molar-refractivity contribution in [1.29, 1.82) is 0 Å². The van der Waals surface area contributed by atoms with Crippen LogP contribution in [0.3, 0.4) is 0 Å². The second kappa shape index (κ2) is 15.0. The van der Waals surface area contributed by atoms with E-state index in [9.17, 15) is 36.0 Å². The molecule has 14 heteroatoms. The van der Waals surface area contributed by atoms with Gasteiger partial charge in [0.2, 0.25) is 5.91 Å². The minimum Gasteiger partial charge on any atom is -0.352 e. The van der Waals surface area contributed by atoms with Gasteiger partial charge in [-0.05, 0) is 73.4 Å². The molecule has 0 saturated heterocycles. The van der Waals surface area contributed by atoms with Crippen molar-refractivity contribution in [2.24, 2.45) is 11.8 Å². The minimum atomic E-state index is -4.74. The summed E-state index contributed by atoms with van der Waals surface area (Å²) in [6.07, 6.45) is -0.0997. The van der Waals surface area contributed by atoms with Gasteiger partial charge in [0.05, 0.1) is 34.0 Å². The lowest BCUT2D eigenvalue weighted by atomic mass is 9.86. The number of hydrogen-bond donors (Lipinski definition) is 4. The van der Waals surface area contributed by atoms with Gasteiger partial charge in [0.25, 0.3) is 5.91 Å². The lowest BCUT2D eigenvalue weighted by Gasteiger charge is -2.32. The summed E-state index contributed by atoms with van der Waals surface area (Å²) in [5.41, 5.74) is -1.71. The highest BCUT2D eigenvalue weighted by molar-refractivity contribution is 7.98. The van der Waals surface area contributed by atoms with Crippen LogP contribution in [0.2, 0.25) is 0 Å². The van der Waals surface area contributed by atoms with Gasteiger partial charge in [-0.2, -0.15) is 13.2 Å². The molecular weight excluding hydrogens is 605 g/mol. The molecule has 3 rings (SSSR count). The first-order chi connectivity index (χ1) is 20.2. The topological polar surface area (TPSA) is 133 Å². The molecule has 43 heavy (non-hydrogen) atoms. The molecule has 4 amide bonds. The second-order valence-corrected chi connectivity index (χ2v) is 13.8. The van der Waals surface area contributed by atoms with Gasteiger partial charge in [-0.15, -0.1) is 11.8 Å². The molecular formula is C29H37F3N4O5S2. The maximum Gasteiger partial charge on any atom is 0.416 e. The summed E-state index contributed by atoms with van der Waals surface area (Å²) in [5.74, 6) is -1.97. The van der Waals surface area contributed by atoms with E-state index in [0.29, 0.717) is 25.5 Å². The normalized spacial score (nSPS) is 17.3. The maximum atomic E-state index is 13.4. The van der Waals surface area contributed by atoms with E-state index in [1.807, 2.05) is 20.1 Å². The lowest BCUT2D eigenvalue weighted by molar-refractivity contribution is -0.137. The number of amides is 4. The van der Waals surface area contributed by atoms with Gasteiger partial charge in [-0.1, -0.05) is 26.7 Å². The summed E-state index contributed by atoms with van der Waals surface area (Å²) in [6, 6.07) is 7.81. The molecule has 0 unspecified atom stereocenters. The molecule has 1 saturated carbocycles. The van der Waals surface area contributed by atoms with E-state index in [0.717, 1.165) is 29.9 Å². The van der Waals surface area contributed by atoms with Crippen molar-refractivity contribution in [1.82, 2.24) is 16.0 Å². The van der Waals surface area contributed by atoms with E-state index in [1.165, 1.54) is 11.8 Å². The second-order valence-electron chi connectivity index (χ2n) is 10.8. The number of rotatable bonds is 11. The first-order valence-electron chi connectivity index (χ1n) is 13.9. The fourth-order valence-corrected chi connectivity index (χ4v) is 6.87. The molecule has 0 bridgehead atoms. The molecule has 0 spiro atoms. The Bertz CT molecular complexity index is 1400. The molecule has 0 heterocycles. The first-order valence-corrected chi connectivity index (χ1v) is 16.8. The summed E-state index contributed by atoms with van der Waals surface area (Å²) >= 11 is 1.50. The number of halogens is 3. The van der Waals surface area contributed by atoms with Gasteiger partial charge in [-0.25, -0.2) is 13.2 Å². The predicted molar refractivity (Wildman–Crippen MR) is 160 cm³/mol. The Balaban J connectivity index is 1.67. The van der Waals surface area contributed by atoms with Crippen LogP contribution in [-0.4, -0.2) is 57.4 Å². The number of hydrogen-bond acceptors (Lipinski definition) is 6. The number of anilines is 1. The number of thioether (sulfide) groups is 1. The molecule has 236 valence electrons. The molecule has 4 N–H and O–H groups in total. The zero-order valence-corrected chi connectivity index (χ0v) is 25.8. The summed E-state index contributed by atoms with van der Waals surface area (Å²) in [4.78, 5) is 39.1. The van der Waals surface area contributed by atoms with Crippen molar-refractivity contribution in [3.63, 3.8) is 0 Å². The molecule has 2 atom stereocenters. The number of sulfone groups is 1. The first kappa shape index (κ1) is 34.2. The molecule has 0 aromatic heterocycles. The third-order valence-corrected chi connectivity index (χ3v) is 9.63. The molecule has 1 aliphatic rings. The third kappa shape index (κ3) is 10.2. The Morgan fingerprint density at radius 3 is 2.30 bits per heavy atom. The number of alkyl halides is 3. The quantitative estimate of drug-likeness (QED) is 0.253. The Kier molecular flexibility index (Phi) is 11.9. The standard InChI is InChI=1S/C29H37F3N4O5S2/c1-18(2)15-34-28(39)36-25-13-8-20(29(30,31)32)14-23(25)27(38)33-16-26(37)35-24-7-5-4-6-19(24)17-43(40,41)22-11-9-21(42-3)10-12-22/h8-14,18-19,24H,4-7,15-17H2,1-3H3,(H,33,38)(H,35,37)(H2,34,36,39)/t19-,24+/m1/s1. The number of benzene rings is 2. The Morgan fingerprint density at radius 1 is 1.00 bits per heavy atom. The molecule has 2 aromatic carbocycles. The Hall–Kier alpha value is -3.26. The van der Waals surface area contributed by atoms with E-state index in [2.05, 4.69) is 21.3 Å². The van der Waals surface area contributed by atoms with E-state index >= 15 is 0 Å². The fraction of sp³-hybridized carbons (Fsp3) is 0.483. The average molecular weight is 643 g/mol. The van der Waals surface area contributed by atoms with Crippen LogP contribution in [0.1, 0.15) is 55.5 Å². The van der Waals surface area contributed by atoms with Crippen molar-refractivity contribution >= 4 is 45.1 Å². The number of carbonyl (C=O) groups is 3. The number of urea groups is 1. The lowest BCUT2D eigenvalue weighted by Crippen LogP contribution is -2.47. The van der Waals surface area contributed by atoms with Crippen molar-refractivity contribution in [2.75, 3.05) is 30.4 Å². The van der Waals surface area contributed by atoms with Gasteiger partial charge in [0.15, 0.2) is 9.84 Å². The largest absolute Gasteiger partial charge is 0.416 e. The van der Waals surface area contributed by atoms with Crippen molar-refractivity contribution in [3.8, 4) is 0 Å². The van der Waals surface area contributed by atoms with Crippen molar-refractivity contribution < 1.29 is 36.0 Å². The smallest absolute Gasteiger partial charge is 0.352 e. The number of carbonyl (C=O) groups excluding carboxylic acids is 3. The summed E-state index contributed by atoms with van der Waals surface area (Å²) in [5, 5.41) is 10.1. The fourth-order valence-electron chi connectivity index (χ4n) is 4.75. The zero-order valence-electron chi connectivity index (χ0n) is 24.2. The molecule has 9 nitrogen and oxygen atoms in total. The highest BCUT2D eigenvalue weighted by Crippen LogP contribution is 2.32. The van der Waals surface area contributed by atoms with Crippen LogP contribution in [-0.2, 0) is 20.8 Å². The van der Waals surface area contributed by atoms with E-state index in [-0.39, 0.29) is 28.2 Å².